The van der Waals surface area contributed by atoms with Gasteiger partial charge in [-0.2, -0.15) is 0 Å². The van der Waals surface area contributed by atoms with E-state index in [1.807, 2.05) is 7.05 Å². The van der Waals surface area contributed by atoms with E-state index in [1.165, 1.54) is 25.1 Å². The Balaban J connectivity index is 2.16. The third-order valence-corrected chi connectivity index (χ3v) is 5.46. The summed E-state index contributed by atoms with van der Waals surface area (Å²) in [5.41, 5.74) is 0.142. The SMILES string of the molecule is C[C@@H](C(=O)NC1CCN(C)CC1)N(c1cccc(F)c1)S(C)(=O)=O. The zero-order chi connectivity index (χ0) is 17.9. The molecule has 0 unspecified atom stereocenters. The molecule has 1 aliphatic rings. The van der Waals surface area contributed by atoms with Crippen LogP contribution in [0.3, 0.4) is 0 Å². The highest BCUT2D eigenvalue weighted by Crippen LogP contribution is 2.22. The second kappa shape index (κ2) is 7.48. The Kier molecular flexibility index (Phi) is 5.82. The summed E-state index contributed by atoms with van der Waals surface area (Å²) >= 11 is 0. The summed E-state index contributed by atoms with van der Waals surface area (Å²) < 4.78 is 38.7. The van der Waals surface area contributed by atoms with E-state index in [0.29, 0.717) is 0 Å². The van der Waals surface area contributed by atoms with Crippen LogP contribution in [0, 0.1) is 5.82 Å². The number of anilines is 1. The lowest BCUT2D eigenvalue weighted by molar-refractivity contribution is -0.122. The molecule has 1 N–H and O–H groups in total. The Labute approximate surface area is 142 Å². The summed E-state index contributed by atoms with van der Waals surface area (Å²) in [5.74, 6) is -0.927. The van der Waals surface area contributed by atoms with Gasteiger partial charge in [-0.1, -0.05) is 6.07 Å². The van der Waals surface area contributed by atoms with Crippen LogP contribution in [0.25, 0.3) is 0 Å². The van der Waals surface area contributed by atoms with Crippen LogP contribution >= 0.6 is 0 Å². The maximum atomic E-state index is 13.5. The monoisotopic (exact) mass is 357 g/mol. The third-order valence-electron chi connectivity index (χ3n) is 4.22. The van der Waals surface area contributed by atoms with E-state index in [2.05, 4.69) is 10.2 Å². The average Bonchev–Trinajstić information content (AvgIpc) is 2.48. The zero-order valence-electron chi connectivity index (χ0n) is 14.2. The first-order chi connectivity index (χ1) is 11.2. The normalized spacial score (nSPS) is 18.2. The molecule has 1 amide bonds. The molecule has 1 aromatic carbocycles. The van der Waals surface area contributed by atoms with Gasteiger partial charge in [0.05, 0.1) is 11.9 Å². The molecular formula is C16H24FN3O3S. The maximum Gasteiger partial charge on any atom is 0.243 e. The van der Waals surface area contributed by atoms with E-state index < -0.39 is 21.9 Å². The molecule has 1 saturated heterocycles. The van der Waals surface area contributed by atoms with Crippen molar-refractivity contribution < 1.29 is 17.6 Å². The summed E-state index contributed by atoms with van der Waals surface area (Å²) in [5, 5.41) is 2.91. The number of sulfonamides is 1. The predicted molar refractivity (Wildman–Crippen MR) is 91.8 cm³/mol. The first-order valence-corrected chi connectivity index (χ1v) is 9.77. The minimum atomic E-state index is -3.73. The van der Waals surface area contributed by atoms with Crippen molar-refractivity contribution in [3.8, 4) is 0 Å². The number of hydrogen-bond donors (Lipinski definition) is 1. The van der Waals surface area contributed by atoms with E-state index in [-0.39, 0.29) is 17.6 Å². The Morgan fingerprint density at radius 2 is 2.00 bits per heavy atom. The number of carbonyl (C=O) groups is 1. The van der Waals surface area contributed by atoms with Gasteiger partial charge in [0.1, 0.15) is 11.9 Å². The molecule has 1 heterocycles. The van der Waals surface area contributed by atoms with Crippen molar-refractivity contribution in [2.45, 2.75) is 31.8 Å². The topological polar surface area (TPSA) is 69.7 Å². The van der Waals surface area contributed by atoms with Crippen LogP contribution in [0.2, 0.25) is 0 Å². The number of nitrogens with one attached hydrogen (secondary N) is 1. The number of carbonyl (C=O) groups excluding carboxylic acids is 1. The Hall–Kier alpha value is -1.67. The van der Waals surface area contributed by atoms with Gasteiger partial charge in [-0.3, -0.25) is 9.10 Å². The highest BCUT2D eigenvalue weighted by Gasteiger charge is 2.31. The highest BCUT2D eigenvalue weighted by atomic mass is 32.2. The molecule has 0 saturated carbocycles. The van der Waals surface area contributed by atoms with Crippen molar-refractivity contribution >= 4 is 21.6 Å². The second-order valence-corrected chi connectivity index (χ2v) is 8.16. The van der Waals surface area contributed by atoms with Gasteiger partial charge < -0.3 is 10.2 Å². The Bertz CT molecular complexity index is 688. The molecule has 0 radical (unpaired) electrons. The third kappa shape index (κ3) is 4.67. The molecule has 24 heavy (non-hydrogen) atoms. The molecule has 1 aromatic rings. The number of amides is 1. The fourth-order valence-electron chi connectivity index (χ4n) is 2.90. The smallest absolute Gasteiger partial charge is 0.243 e. The van der Waals surface area contributed by atoms with Crippen LogP contribution in [0.4, 0.5) is 10.1 Å². The first-order valence-electron chi connectivity index (χ1n) is 7.92. The highest BCUT2D eigenvalue weighted by molar-refractivity contribution is 7.92. The average molecular weight is 357 g/mol. The van der Waals surface area contributed by atoms with Gasteiger partial charge in [0.15, 0.2) is 0 Å². The fraction of sp³-hybridized carbons (Fsp3) is 0.562. The predicted octanol–water partition coefficient (Wildman–Crippen LogP) is 1.19. The van der Waals surface area contributed by atoms with E-state index in [1.54, 1.807) is 0 Å². The molecule has 134 valence electrons. The number of rotatable bonds is 5. The molecule has 1 fully saturated rings. The minimum absolute atomic E-state index is 0.0325. The van der Waals surface area contributed by atoms with Gasteiger partial charge in [0.2, 0.25) is 15.9 Å². The maximum absolute atomic E-state index is 13.5. The summed E-state index contributed by atoms with van der Waals surface area (Å²) in [6.07, 6.45) is 2.67. The Morgan fingerprint density at radius 1 is 1.38 bits per heavy atom. The molecule has 1 aliphatic heterocycles. The fourth-order valence-corrected chi connectivity index (χ4v) is 4.06. The number of benzene rings is 1. The van der Waals surface area contributed by atoms with Crippen LogP contribution < -0.4 is 9.62 Å². The number of piperidine rings is 1. The van der Waals surface area contributed by atoms with Crippen molar-refractivity contribution in [2.75, 3.05) is 30.7 Å². The molecule has 2 rings (SSSR count). The lowest BCUT2D eigenvalue weighted by Crippen LogP contribution is -2.52. The van der Waals surface area contributed by atoms with Crippen LogP contribution in [0.15, 0.2) is 24.3 Å². The van der Waals surface area contributed by atoms with E-state index in [4.69, 9.17) is 0 Å². The molecule has 8 heteroatoms. The number of nitrogens with zero attached hydrogens (tertiary/aromatic N) is 2. The number of halogens is 1. The number of hydrogen-bond acceptors (Lipinski definition) is 4. The van der Waals surface area contributed by atoms with Crippen molar-refractivity contribution in [3.05, 3.63) is 30.1 Å². The summed E-state index contributed by atoms with van der Waals surface area (Å²) in [4.78, 5) is 14.7. The molecule has 1 atom stereocenters. The molecule has 0 aromatic heterocycles. The largest absolute Gasteiger partial charge is 0.351 e. The quantitative estimate of drug-likeness (QED) is 0.859. The van der Waals surface area contributed by atoms with Crippen molar-refractivity contribution in [1.29, 1.82) is 0 Å². The van der Waals surface area contributed by atoms with Crippen LogP contribution in [0.1, 0.15) is 19.8 Å². The summed E-state index contributed by atoms with van der Waals surface area (Å²) in [7, 11) is -1.71. The van der Waals surface area contributed by atoms with Gasteiger partial charge in [-0.25, -0.2) is 12.8 Å². The summed E-state index contributed by atoms with van der Waals surface area (Å²) in [6.45, 7) is 3.29. The van der Waals surface area contributed by atoms with Crippen molar-refractivity contribution in [1.82, 2.24) is 10.2 Å². The zero-order valence-corrected chi connectivity index (χ0v) is 15.0. The van der Waals surface area contributed by atoms with Gasteiger partial charge in [0, 0.05) is 6.04 Å². The molecule has 0 spiro atoms. The van der Waals surface area contributed by atoms with Crippen molar-refractivity contribution in [2.24, 2.45) is 0 Å². The molecule has 0 bridgehead atoms. The van der Waals surface area contributed by atoms with Crippen molar-refractivity contribution in [3.63, 3.8) is 0 Å². The van der Waals surface area contributed by atoms with Crippen LogP contribution in [-0.4, -0.2) is 57.7 Å². The Morgan fingerprint density at radius 3 is 2.54 bits per heavy atom. The molecule has 0 aliphatic carbocycles. The lowest BCUT2D eigenvalue weighted by Gasteiger charge is -2.32. The standard InChI is InChI=1S/C16H24FN3O3S/c1-12(16(21)18-14-7-9-19(2)10-8-14)20(24(3,22)23)15-6-4-5-13(17)11-15/h4-6,11-12,14H,7-10H2,1-3H3,(H,18,21)/t12-/m0/s1. The van der Waals surface area contributed by atoms with Gasteiger partial charge >= 0.3 is 0 Å². The van der Waals surface area contributed by atoms with Gasteiger partial charge in [-0.15, -0.1) is 0 Å². The van der Waals surface area contributed by atoms with Gasteiger partial charge in [-0.05, 0) is 58.1 Å². The molecule has 6 nitrogen and oxygen atoms in total. The van der Waals surface area contributed by atoms with E-state index in [9.17, 15) is 17.6 Å². The lowest BCUT2D eigenvalue weighted by atomic mass is 10.1. The summed E-state index contributed by atoms with van der Waals surface area (Å²) in [6, 6.07) is 4.31. The number of likely N-dealkylation sites (tertiary alicyclic amines) is 1. The van der Waals surface area contributed by atoms with Crippen LogP contribution in [-0.2, 0) is 14.8 Å². The first kappa shape index (κ1) is 18.7. The van der Waals surface area contributed by atoms with E-state index in [0.717, 1.165) is 42.6 Å². The minimum Gasteiger partial charge on any atom is -0.351 e. The van der Waals surface area contributed by atoms with Crippen LogP contribution in [0.5, 0.6) is 0 Å². The van der Waals surface area contributed by atoms with E-state index >= 15 is 0 Å². The molecular weight excluding hydrogens is 333 g/mol. The van der Waals surface area contributed by atoms with Gasteiger partial charge in [0.25, 0.3) is 0 Å². The second-order valence-electron chi connectivity index (χ2n) is 6.30.